The molecule has 0 atom stereocenters. The molecule has 0 saturated carbocycles. The Hall–Kier alpha value is -0.830. The minimum atomic E-state index is 0.598. The molecule has 1 rings (SSSR count). The molecule has 3 heteroatoms. The van der Waals surface area contributed by atoms with E-state index in [-0.39, 0.29) is 0 Å². The van der Waals surface area contributed by atoms with Crippen molar-refractivity contribution in [3.63, 3.8) is 0 Å². The lowest BCUT2D eigenvalue weighted by Crippen LogP contribution is -1.98. The summed E-state index contributed by atoms with van der Waals surface area (Å²) in [5.41, 5.74) is 7.83. The van der Waals surface area contributed by atoms with Crippen molar-refractivity contribution in [3.8, 4) is 0 Å². The summed E-state index contributed by atoms with van der Waals surface area (Å²) in [5.74, 6) is 0. The number of hydrogen-bond donors (Lipinski definition) is 1. The molecule has 0 aliphatic carbocycles. The molecule has 0 aromatic carbocycles. The van der Waals surface area contributed by atoms with Crippen molar-refractivity contribution < 1.29 is 0 Å². The van der Waals surface area contributed by atoms with E-state index >= 15 is 0 Å². The van der Waals surface area contributed by atoms with Crippen LogP contribution in [0.5, 0.6) is 0 Å². The van der Waals surface area contributed by atoms with Gasteiger partial charge < -0.3 is 5.73 Å². The maximum atomic E-state index is 5.59. The smallest absolute Gasteiger partial charge is 0.0638 e. The Morgan fingerprint density at radius 3 is 2.71 bits per heavy atom. The molecule has 0 spiro atoms. The molecular weight excluding hydrogens is 174 g/mol. The van der Waals surface area contributed by atoms with Gasteiger partial charge >= 0.3 is 0 Å². The molecule has 0 aliphatic rings. The molecule has 2 N–H and O–H groups in total. The van der Waals surface area contributed by atoms with Crippen LogP contribution in [0.1, 0.15) is 43.9 Å². The van der Waals surface area contributed by atoms with Gasteiger partial charge in [0.15, 0.2) is 0 Å². The first-order valence-electron chi connectivity index (χ1n) is 5.51. The maximum absolute atomic E-state index is 5.59. The molecule has 0 amide bonds. The van der Waals surface area contributed by atoms with Crippen LogP contribution in [0, 0.1) is 6.92 Å². The van der Waals surface area contributed by atoms with Crippen LogP contribution in [-0.4, -0.2) is 9.78 Å². The van der Waals surface area contributed by atoms with E-state index in [4.69, 9.17) is 5.73 Å². The van der Waals surface area contributed by atoms with Gasteiger partial charge in [-0.25, -0.2) is 0 Å². The first-order chi connectivity index (χ1) is 6.77. The molecule has 14 heavy (non-hydrogen) atoms. The van der Waals surface area contributed by atoms with Crippen LogP contribution in [0.15, 0.2) is 6.20 Å². The highest BCUT2D eigenvalue weighted by Gasteiger charge is 2.01. The van der Waals surface area contributed by atoms with Crippen molar-refractivity contribution >= 4 is 0 Å². The second-order valence-corrected chi connectivity index (χ2v) is 3.77. The third-order valence-electron chi connectivity index (χ3n) is 2.51. The maximum Gasteiger partial charge on any atom is 0.0638 e. The molecule has 3 nitrogen and oxygen atoms in total. The molecular formula is C11H21N3. The van der Waals surface area contributed by atoms with Gasteiger partial charge in [0, 0.05) is 24.8 Å². The number of hydrogen-bond acceptors (Lipinski definition) is 2. The fraction of sp³-hybridized carbons (Fsp3) is 0.727. The van der Waals surface area contributed by atoms with Crippen LogP contribution in [-0.2, 0) is 13.1 Å². The highest BCUT2D eigenvalue weighted by atomic mass is 15.3. The summed E-state index contributed by atoms with van der Waals surface area (Å²) in [5, 5.41) is 4.42. The second-order valence-electron chi connectivity index (χ2n) is 3.77. The largest absolute Gasteiger partial charge is 0.326 e. The van der Waals surface area contributed by atoms with E-state index in [9.17, 15) is 0 Å². The molecule has 0 fully saturated rings. The summed E-state index contributed by atoms with van der Waals surface area (Å²) in [6.07, 6.45) is 7.20. The molecule has 1 aromatic rings. The van der Waals surface area contributed by atoms with Crippen molar-refractivity contribution in [2.45, 2.75) is 52.6 Å². The zero-order valence-corrected chi connectivity index (χ0v) is 9.29. The third-order valence-corrected chi connectivity index (χ3v) is 2.51. The minimum Gasteiger partial charge on any atom is -0.326 e. The van der Waals surface area contributed by atoms with Gasteiger partial charge in [0.1, 0.15) is 0 Å². The Morgan fingerprint density at radius 2 is 2.14 bits per heavy atom. The number of aromatic nitrogens is 2. The van der Waals surface area contributed by atoms with Crippen LogP contribution >= 0.6 is 0 Å². The van der Waals surface area contributed by atoms with Crippen LogP contribution < -0.4 is 5.73 Å². The molecule has 1 aromatic heterocycles. The monoisotopic (exact) mass is 195 g/mol. The van der Waals surface area contributed by atoms with E-state index in [1.165, 1.54) is 31.2 Å². The van der Waals surface area contributed by atoms with Crippen molar-refractivity contribution in [2.24, 2.45) is 5.73 Å². The van der Waals surface area contributed by atoms with E-state index in [0.717, 1.165) is 12.2 Å². The second kappa shape index (κ2) is 5.81. The summed E-state index contributed by atoms with van der Waals surface area (Å²) in [6.45, 7) is 5.87. The SMILES string of the molecule is CCCCCCn1cc(CN)c(C)n1. The van der Waals surface area contributed by atoms with E-state index in [1.807, 2.05) is 11.6 Å². The third kappa shape index (κ3) is 3.14. The Bertz CT molecular complexity index is 265. The summed E-state index contributed by atoms with van der Waals surface area (Å²) in [7, 11) is 0. The Balaban J connectivity index is 2.35. The van der Waals surface area contributed by atoms with Crippen molar-refractivity contribution in [2.75, 3.05) is 0 Å². The van der Waals surface area contributed by atoms with Crippen LogP contribution in [0.3, 0.4) is 0 Å². The fourth-order valence-corrected chi connectivity index (χ4v) is 1.57. The summed E-state index contributed by atoms with van der Waals surface area (Å²) < 4.78 is 2.02. The van der Waals surface area contributed by atoms with Gasteiger partial charge in [-0.05, 0) is 13.3 Å². The van der Waals surface area contributed by atoms with Gasteiger partial charge in [0.05, 0.1) is 5.69 Å². The summed E-state index contributed by atoms with van der Waals surface area (Å²) in [6, 6.07) is 0. The quantitative estimate of drug-likeness (QED) is 0.707. The topological polar surface area (TPSA) is 43.8 Å². The standard InChI is InChI=1S/C11H21N3/c1-3-4-5-6-7-14-9-11(8-12)10(2)13-14/h9H,3-8,12H2,1-2H3. The Kier molecular flexibility index (Phi) is 4.66. The fourth-order valence-electron chi connectivity index (χ4n) is 1.57. The van der Waals surface area contributed by atoms with E-state index in [2.05, 4.69) is 18.2 Å². The lowest BCUT2D eigenvalue weighted by Gasteiger charge is -1.99. The lowest BCUT2D eigenvalue weighted by atomic mass is 10.2. The average Bonchev–Trinajstić information content (AvgIpc) is 2.54. The predicted octanol–water partition coefficient (Wildman–Crippen LogP) is 2.23. The van der Waals surface area contributed by atoms with Gasteiger partial charge in [-0.3, -0.25) is 4.68 Å². The molecule has 0 radical (unpaired) electrons. The normalized spacial score (nSPS) is 10.8. The number of rotatable bonds is 6. The zero-order valence-electron chi connectivity index (χ0n) is 9.29. The minimum absolute atomic E-state index is 0.598. The lowest BCUT2D eigenvalue weighted by molar-refractivity contribution is 0.539. The highest BCUT2D eigenvalue weighted by Crippen LogP contribution is 2.06. The molecule has 0 unspecified atom stereocenters. The number of nitrogens with two attached hydrogens (primary N) is 1. The number of unbranched alkanes of at least 4 members (excludes halogenated alkanes) is 3. The van der Waals surface area contributed by atoms with Gasteiger partial charge in [-0.1, -0.05) is 26.2 Å². The van der Waals surface area contributed by atoms with Gasteiger partial charge in [-0.15, -0.1) is 0 Å². The first-order valence-corrected chi connectivity index (χ1v) is 5.51. The van der Waals surface area contributed by atoms with Crippen LogP contribution in [0.25, 0.3) is 0 Å². The molecule has 0 aliphatic heterocycles. The predicted molar refractivity (Wildman–Crippen MR) is 59.0 cm³/mol. The molecule has 1 heterocycles. The van der Waals surface area contributed by atoms with Gasteiger partial charge in [0.25, 0.3) is 0 Å². The molecule has 0 bridgehead atoms. The Morgan fingerprint density at radius 1 is 1.36 bits per heavy atom. The van der Waals surface area contributed by atoms with Crippen molar-refractivity contribution in [1.82, 2.24) is 9.78 Å². The molecule has 0 saturated heterocycles. The van der Waals surface area contributed by atoms with Crippen LogP contribution in [0.2, 0.25) is 0 Å². The molecule has 80 valence electrons. The van der Waals surface area contributed by atoms with E-state index < -0.39 is 0 Å². The van der Waals surface area contributed by atoms with E-state index in [0.29, 0.717) is 6.54 Å². The van der Waals surface area contributed by atoms with Gasteiger partial charge in [-0.2, -0.15) is 5.10 Å². The Labute approximate surface area is 86.3 Å². The first kappa shape index (κ1) is 11.2. The zero-order chi connectivity index (χ0) is 10.4. The summed E-state index contributed by atoms with van der Waals surface area (Å²) >= 11 is 0. The van der Waals surface area contributed by atoms with Crippen LogP contribution in [0.4, 0.5) is 0 Å². The van der Waals surface area contributed by atoms with Crippen molar-refractivity contribution in [1.29, 1.82) is 0 Å². The van der Waals surface area contributed by atoms with Gasteiger partial charge in [0.2, 0.25) is 0 Å². The number of aryl methyl sites for hydroxylation is 2. The van der Waals surface area contributed by atoms with Crippen molar-refractivity contribution in [3.05, 3.63) is 17.5 Å². The number of nitrogens with zero attached hydrogens (tertiary/aromatic N) is 2. The van der Waals surface area contributed by atoms with E-state index in [1.54, 1.807) is 0 Å². The summed E-state index contributed by atoms with van der Waals surface area (Å²) in [4.78, 5) is 0. The highest BCUT2D eigenvalue weighted by molar-refractivity contribution is 5.14. The average molecular weight is 195 g/mol.